The van der Waals surface area contributed by atoms with Crippen molar-refractivity contribution in [2.24, 2.45) is 0 Å². The number of anilines is 1. The minimum atomic E-state index is -3.81. The number of hydrogen-bond donors (Lipinski definition) is 1. The molecule has 2 aromatic rings. The standard InChI is InChI=1S/C17H17NO6S/c1-17(2)23-14-9-6-12(10-15(14)24-17)18-25(20,21)13-7-4-11(5-8-13)16(19)22-3/h4-10,18H,1-3H3. The maximum atomic E-state index is 12.5. The van der Waals surface area contributed by atoms with E-state index in [1.165, 1.54) is 31.4 Å². The lowest BCUT2D eigenvalue weighted by Gasteiger charge is -2.16. The zero-order chi connectivity index (χ0) is 18.2. The Morgan fingerprint density at radius 3 is 2.32 bits per heavy atom. The van der Waals surface area contributed by atoms with Crippen LogP contribution in [0.1, 0.15) is 24.2 Å². The van der Waals surface area contributed by atoms with Crippen molar-refractivity contribution in [3.8, 4) is 11.5 Å². The number of hydrogen-bond acceptors (Lipinski definition) is 6. The fraction of sp³-hybridized carbons (Fsp3) is 0.235. The SMILES string of the molecule is COC(=O)c1ccc(S(=O)(=O)Nc2ccc3c(c2)OC(C)(C)O3)cc1. The van der Waals surface area contributed by atoms with Crippen LogP contribution in [0.4, 0.5) is 5.69 Å². The van der Waals surface area contributed by atoms with E-state index in [9.17, 15) is 13.2 Å². The van der Waals surface area contributed by atoms with E-state index in [0.29, 0.717) is 17.2 Å². The third-order valence-electron chi connectivity index (χ3n) is 3.49. The van der Waals surface area contributed by atoms with Gasteiger partial charge < -0.3 is 14.2 Å². The molecule has 2 aromatic carbocycles. The van der Waals surface area contributed by atoms with Crippen molar-refractivity contribution in [1.82, 2.24) is 0 Å². The number of sulfonamides is 1. The quantitative estimate of drug-likeness (QED) is 0.840. The molecule has 0 fully saturated rings. The van der Waals surface area contributed by atoms with Gasteiger partial charge in [0.1, 0.15) is 0 Å². The second-order valence-electron chi connectivity index (χ2n) is 5.89. The zero-order valence-electron chi connectivity index (χ0n) is 13.9. The van der Waals surface area contributed by atoms with E-state index < -0.39 is 21.8 Å². The molecule has 0 amide bonds. The van der Waals surface area contributed by atoms with Crippen LogP contribution in [-0.4, -0.2) is 27.3 Å². The zero-order valence-corrected chi connectivity index (χ0v) is 14.7. The molecule has 8 heteroatoms. The molecule has 132 valence electrons. The summed E-state index contributed by atoms with van der Waals surface area (Å²) in [6.45, 7) is 3.53. The summed E-state index contributed by atoms with van der Waals surface area (Å²) >= 11 is 0. The number of carbonyl (C=O) groups is 1. The number of benzene rings is 2. The summed E-state index contributed by atoms with van der Waals surface area (Å²) in [7, 11) is -2.55. The molecule has 1 aliphatic rings. The Morgan fingerprint density at radius 1 is 1.04 bits per heavy atom. The highest BCUT2D eigenvalue weighted by molar-refractivity contribution is 7.92. The Kier molecular flexibility index (Phi) is 4.08. The summed E-state index contributed by atoms with van der Waals surface area (Å²) in [5.41, 5.74) is 0.615. The largest absolute Gasteiger partial charge is 0.465 e. The van der Waals surface area contributed by atoms with Gasteiger partial charge in [-0.3, -0.25) is 4.72 Å². The highest BCUT2D eigenvalue weighted by Gasteiger charge is 2.32. The second-order valence-corrected chi connectivity index (χ2v) is 7.57. The number of rotatable bonds is 4. The highest BCUT2D eigenvalue weighted by Crippen LogP contribution is 2.40. The van der Waals surface area contributed by atoms with E-state index in [1.54, 1.807) is 32.0 Å². The van der Waals surface area contributed by atoms with E-state index in [4.69, 9.17) is 9.47 Å². The summed E-state index contributed by atoms with van der Waals surface area (Å²) in [5, 5.41) is 0. The van der Waals surface area contributed by atoms with Gasteiger partial charge in [-0.25, -0.2) is 13.2 Å². The Hall–Kier alpha value is -2.74. The lowest BCUT2D eigenvalue weighted by molar-refractivity contribution is -0.0431. The van der Waals surface area contributed by atoms with Gasteiger partial charge in [0.15, 0.2) is 11.5 Å². The Labute approximate surface area is 145 Å². The first-order valence-electron chi connectivity index (χ1n) is 7.43. The fourth-order valence-electron chi connectivity index (χ4n) is 2.39. The van der Waals surface area contributed by atoms with Crippen LogP contribution in [0.5, 0.6) is 11.5 Å². The molecule has 0 saturated carbocycles. The molecule has 3 rings (SSSR count). The topological polar surface area (TPSA) is 90.9 Å². The monoisotopic (exact) mass is 363 g/mol. The molecular formula is C17H17NO6S. The lowest BCUT2D eigenvalue weighted by atomic mass is 10.2. The van der Waals surface area contributed by atoms with Gasteiger partial charge >= 0.3 is 5.97 Å². The van der Waals surface area contributed by atoms with Gasteiger partial charge in [0.05, 0.1) is 23.3 Å². The third-order valence-corrected chi connectivity index (χ3v) is 4.89. The molecule has 0 unspecified atom stereocenters. The Balaban J connectivity index is 1.82. The molecule has 7 nitrogen and oxygen atoms in total. The molecule has 0 aliphatic carbocycles. The summed E-state index contributed by atoms with van der Waals surface area (Å²) in [6, 6.07) is 10.2. The van der Waals surface area contributed by atoms with E-state index in [0.717, 1.165) is 0 Å². The van der Waals surface area contributed by atoms with Crippen LogP contribution in [0.25, 0.3) is 0 Å². The minimum absolute atomic E-state index is 0.0261. The molecule has 0 atom stereocenters. The number of carbonyl (C=O) groups excluding carboxylic acids is 1. The smallest absolute Gasteiger partial charge is 0.337 e. The summed E-state index contributed by atoms with van der Waals surface area (Å²) in [4.78, 5) is 11.4. The van der Waals surface area contributed by atoms with Gasteiger partial charge in [-0.1, -0.05) is 0 Å². The fourth-order valence-corrected chi connectivity index (χ4v) is 3.44. The summed E-state index contributed by atoms with van der Waals surface area (Å²) < 4.78 is 43.2. The van der Waals surface area contributed by atoms with Crippen molar-refractivity contribution >= 4 is 21.7 Å². The van der Waals surface area contributed by atoms with E-state index in [1.807, 2.05) is 0 Å². The van der Waals surface area contributed by atoms with Crippen molar-refractivity contribution in [3.63, 3.8) is 0 Å². The highest BCUT2D eigenvalue weighted by atomic mass is 32.2. The van der Waals surface area contributed by atoms with Crippen LogP contribution in [0.2, 0.25) is 0 Å². The number of nitrogens with one attached hydrogen (secondary N) is 1. The maximum absolute atomic E-state index is 12.5. The number of esters is 1. The average Bonchev–Trinajstić information content (AvgIpc) is 2.87. The molecule has 1 aliphatic heterocycles. The first kappa shape index (κ1) is 17.1. The molecule has 1 N–H and O–H groups in total. The number of fused-ring (bicyclic) bond motifs is 1. The van der Waals surface area contributed by atoms with E-state index >= 15 is 0 Å². The summed E-state index contributed by atoms with van der Waals surface area (Å²) in [6.07, 6.45) is 0. The normalized spacial score (nSPS) is 14.8. The van der Waals surface area contributed by atoms with Crippen LogP contribution in [0.15, 0.2) is 47.4 Å². The van der Waals surface area contributed by atoms with Crippen LogP contribution in [0, 0.1) is 0 Å². The number of ether oxygens (including phenoxy) is 3. The van der Waals surface area contributed by atoms with Crippen molar-refractivity contribution < 1.29 is 27.4 Å². The first-order chi connectivity index (χ1) is 11.7. The Bertz CT molecular complexity index is 919. The van der Waals surface area contributed by atoms with Crippen molar-refractivity contribution in [1.29, 1.82) is 0 Å². The minimum Gasteiger partial charge on any atom is -0.465 e. The van der Waals surface area contributed by atoms with E-state index in [-0.39, 0.29) is 10.5 Å². The molecule has 0 radical (unpaired) electrons. The third kappa shape index (κ3) is 3.53. The van der Waals surface area contributed by atoms with Gasteiger partial charge in [-0.2, -0.15) is 0 Å². The molecule has 1 heterocycles. The first-order valence-corrected chi connectivity index (χ1v) is 8.92. The number of methoxy groups -OCH3 is 1. The van der Waals surface area contributed by atoms with Gasteiger partial charge in [0.2, 0.25) is 5.79 Å². The Morgan fingerprint density at radius 2 is 1.68 bits per heavy atom. The summed E-state index contributed by atoms with van der Waals surface area (Å²) in [5.74, 6) is -0.305. The van der Waals surface area contributed by atoms with Crippen molar-refractivity contribution in [2.45, 2.75) is 24.5 Å². The van der Waals surface area contributed by atoms with Crippen LogP contribution in [-0.2, 0) is 14.8 Å². The average molecular weight is 363 g/mol. The molecule has 25 heavy (non-hydrogen) atoms. The van der Waals surface area contributed by atoms with Gasteiger partial charge in [0.25, 0.3) is 10.0 Å². The molecule has 0 spiro atoms. The van der Waals surface area contributed by atoms with Crippen LogP contribution >= 0.6 is 0 Å². The molecule has 0 saturated heterocycles. The van der Waals surface area contributed by atoms with Gasteiger partial charge in [-0.15, -0.1) is 0 Å². The lowest BCUT2D eigenvalue weighted by Crippen LogP contribution is -2.29. The predicted molar refractivity (Wildman–Crippen MR) is 90.4 cm³/mol. The molecule has 0 aromatic heterocycles. The second kappa shape index (κ2) is 5.96. The van der Waals surface area contributed by atoms with Gasteiger partial charge in [0, 0.05) is 19.9 Å². The predicted octanol–water partition coefficient (Wildman–Crippen LogP) is 2.78. The van der Waals surface area contributed by atoms with Crippen LogP contribution < -0.4 is 14.2 Å². The van der Waals surface area contributed by atoms with Crippen molar-refractivity contribution in [3.05, 3.63) is 48.0 Å². The molecule has 0 bridgehead atoms. The van der Waals surface area contributed by atoms with E-state index in [2.05, 4.69) is 9.46 Å². The van der Waals surface area contributed by atoms with Crippen LogP contribution in [0.3, 0.4) is 0 Å². The maximum Gasteiger partial charge on any atom is 0.337 e. The van der Waals surface area contributed by atoms with Crippen molar-refractivity contribution in [2.75, 3.05) is 11.8 Å². The molecular weight excluding hydrogens is 346 g/mol. The van der Waals surface area contributed by atoms with Gasteiger partial charge in [-0.05, 0) is 36.4 Å².